The van der Waals surface area contributed by atoms with Crippen LogP contribution >= 0.6 is 0 Å². The minimum atomic E-state index is -2.51. The highest BCUT2D eigenvalue weighted by Gasteiger charge is 2.56. The third kappa shape index (κ3) is 10.9. The molecule has 1 saturated carbocycles. The predicted octanol–water partition coefficient (Wildman–Crippen LogP) is 4.21. The minimum absolute atomic E-state index is 0.0283. The second-order valence-corrected chi connectivity index (χ2v) is 17.3. The molecule has 1 amide bonds. The van der Waals surface area contributed by atoms with Gasteiger partial charge in [-0.05, 0) is 95.5 Å². The maximum atomic E-state index is 14.2. The van der Waals surface area contributed by atoms with E-state index < -0.39 is 90.0 Å². The molecule has 56 heavy (non-hydrogen) atoms. The monoisotopic (exact) mass is 791 g/mol. The maximum absolute atomic E-state index is 14.2. The van der Waals surface area contributed by atoms with Crippen molar-refractivity contribution in [2.75, 3.05) is 20.8 Å². The highest BCUT2D eigenvalue weighted by molar-refractivity contribution is 6.39. The number of ketones is 2. The lowest BCUT2D eigenvalue weighted by atomic mass is 9.81. The molecule has 0 aromatic heterocycles. The number of hydrogen-bond acceptors (Lipinski definition) is 12. The molecule has 3 aliphatic heterocycles. The number of hydrogen-bond donors (Lipinski definition) is 4. The summed E-state index contributed by atoms with van der Waals surface area (Å²) in [7, 11) is 3.06. The zero-order valence-corrected chi connectivity index (χ0v) is 34.9. The lowest BCUT2D eigenvalue weighted by Gasteiger charge is -2.47. The maximum Gasteiger partial charge on any atom is 0.329 e. The van der Waals surface area contributed by atoms with Crippen LogP contribution in [0.25, 0.3) is 0 Å². The van der Waals surface area contributed by atoms with Crippen LogP contribution in [-0.4, -0.2) is 124 Å². The van der Waals surface area contributed by atoms with Gasteiger partial charge in [0.1, 0.15) is 24.0 Å². The van der Waals surface area contributed by atoms with Crippen LogP contribution in [0.4, 0.5) is 0 Å². The first-order valence-corrected chi connectivity index (χ1v) is 20.9. The number of esters is 1. The van der Waals surface area contributed by atoms with Crippen molar-refractivity contribution in [3.05, 3.63) is 23.3 Å². The molecule has 3 fully saturated rings. The number of allylic oxidation sites excluding steroid dienone is 3. The Kier molecular flexibility index (Phi) is 16.9. The molecule has 13 heteroatoms. The average molecular weight is 792 g/mol. The summed E-state index contributed by atoms with van der Waals surface area (Å²) in [4.78, 5) is 57.7. The number of piperidine rings is 1. The largest absolute Gasteiger partial charge is 0.456 e. The van der Waals surface area contributed by atoms with E-state index >= 15 is 0 Å². The van der Waals surface area contributed by atoms with Crippen molar-refractivity contribution in [1.82, 2.24) is 4.90 Å². The molecule has 4 aliphatic rings. The summed E-state index contributed by atoms with van der Waals surface area (Å²) in [5.74, 6) is -7.73. The van der Waals surface area contributed by atoms with Gasteiger partial charge in [0, 0.05) is 44.9 Å². The number of Topliss-reactive ketones (excluding diaryl/α,β-unsaturated/α-hetero) is 2. The Hall–Kier alpha value is -2.52. The van der Waals surface area contributed by atoms with Crippen LogP contribution in [0.15, 0.2) is 23.3 Å². The third-order valence-electron chi connectivity index (χ3n) is 12.8. The molecule has 1 aliphatic carbocycles. The minimum Gasteiger partial charge on any atom is -0.456 e. The lowest BCUT2D eigenvalue weighted by Crippen LogP contribution is -2.64. The molecule has 3 heterocycles. The number of methoxy groups -OCH3 is 2. The molecule has 0 radical (unpaired) electrons. The lowest BCUT2D eigenvalue weighted by molar-refractivity contribution is -0.302. The average Bonchev–Trinajstić information content (AvgIpc) is 3.16. The first-order valence-electron chi connectivity index (χ1n) is 20.9. The Labute approximate surface area is 333 Å². The van der Waals surface area contributed by atoms with Crippen LogP contribution in [0, 0.1) is 29.6 Å². The number of amides is 1. The van der Waals surface area contributed by atoms with E-state index in [0.717, 1.165) is 12.0 Å². The van der Waals surface area contributed by atoms with Crippen molar-refractivity contribution in [2.45, 2.75) is 173 Å². The van der Waals surface area contributed by atoms with E-state index in [1.807, 2.05) is 26.0 Å². The van der Waals surface area contributed by atoms with Crippen molar-refractivity contribution < 1.29 is 58.6 Å². The second kappa shape index (κ2) is 20.4. The molecule has 0 aromatic rings. The van der Waals surface area contributed by atoms with Gasteiger partial charge >= 0.3 is 5.97 Å². The summed E-state index contributed by atoms with van der Waals surface area (Å²) in [5.41, 5.74) is 1.60. The van der Waals surface area contributed by atoms with Gasteiger partial charge in [-0.15, -0.1) is 0 Å². The number of rotatable bonds is 6. The van der Waals surface area contributed by atoms with Gasteiger partial charge in [-0.1, -0.05) is 51.8 Å². The van der Waals surface area contributed by atoms with Gasteiger partial charge in [-0.3, -0.25) is 14.4 Å². The zero-order chi connectivity index (χ0) is 41.5. The van der Waals surface area contributed by atoms with E-state index in [9.17, 15) is 39.6 Å². The molecule has 4 rings (SSSR count). The highest BCUT2D eigenvalue weighted by Crippen LogP contribution is 2.39. The molecular formula is C43H69NO12. The smallest absolute Gasteiger partial charge is 0.329 e. The standard InChI is InChI=1S/C43H69NO12/c1-9-12-30-18-24(2)17-25(3)19-36(53-7)39-37(54-8)21-27(5)43(52,56-39)40(49)41(50)44-16-11-10-13-31(44)42(51)55-38(28(6)33(46)23-34(30)47)26(4)20-29-14-15-32(45)35(48)22-29/h18,20,25,27-33,35-39,45-46,48,52H,9-17,19,21-23H2,1-8H3/b24-18+,26-20+/t25-,27+,28+,29-,30+,31?,32?,33-,35+,36-,37-,38+,39+,43+/m0/s1. The topological polar surface area (TPSA) is 189 Å². The molecule has 2 saturated heterocycles. The predicted molar refractivity (Wildman–Crippen MR) is 208 cm³/mol. The van der Waals surface area contributed by atoms with Crippen LogP contribution < -0.4 is 0 Å². The molecule has 0 aromatic carbocycles. The molecular weight excluding hydrogens is 722 g/mol. The quantitative estimate of drug-likeness (QED) is 0.171. The fourth-order valence-corrected chi connectivity index (χ4v) is 9.37. The fourth-order valence-electron chi connectivity index (χ4n) is 9.37. The number of cyclic esters (lactones) is 1. The number of carbonyl (C=O) groups excluding carboxylic acids is 4. The number of aliphatic hydroxyl groups excluding tert-OH is 3. The van der Waals surface area contributed by atoms with Crippen molar-refractivity contribution in [1.29, 1.82) is 0 Å². The number of fused-ring (bicyclic) bond motifs is 3. The summed E-state index contributed by atoms with van der Waals surface area (Å²) in [6.07, 6.45) is 3.04. The molecule has 2 unspecified atom stereocenters. The van der Waals surface area contributed by atoms with Gasteiger partial charge in [0.25, 0.3) is 11.7 Å². The Balaban J connectivity index is 1.77. The van der Waals surface area contributed by atoms with Crippen LogP contribution in [-0.2, 0) is 38.1 Å². The van der Waals surface area contributed by atoms with E-state index in [0.29, 0.717) is 56.9 Å². The van der Waals surface area contributed by atoms with Gasteiger partial charge in [0.05, 0.1) is 30.5 Å². The SMILES string of the molecule is CCC[C@@H]1/C=C(\C)C[C@H](C)C[C@H](OC)[C@H]2O[C@@](O)(C(=O)C(=O)N3CCCCC3C(=O)O[C@H](/C(C)=C/[C@@H]3CCC(O)[C@H](O)C3)[C@H](C)[C@@H](O)CC1=O)[C@H](C)C[C@@H]2OC. The van der Waals surface area contributed by atoms with Crippen LogP contribution in [0.1, 0.15) is 119 Å². The molecule has 13 nitrogen and oxygen atoms in total. The van der Waals surface area contributed by atoms with Crippen LogP contribution in [0.2, 0.25) is 0 Å². The summed E-state index contributed by atoms with van der Waals surface area (Å²) >= 11 is 0. The molecule has 14 atom stereocenters. The molecule has 2 bridgehead atoms. The van der Waals surface area contributed by atoms with E-state index in [1.165, 1.54) is 19.1 Å². The number of carbonyl (C=O) groups is 4. The third-order valence-corrected chi connectivity index (χ3v) is 12.8. The van der Waals surface area contributed by atoms with Crippen molar-refractivity contribution in [3.63, 3.8) is 0 Å². The Morgan fingerprint density at radius 3 is 2.25 bits per heavy atom. The first kappa shape index (κ1) is 46.2. The van der Waals surface area contributed by atoms with E-state index in [4.69, 9.17) is 18.9 Å². The number of aliphatic hydroxyl groups is 4. The van der Waals surface area contributed by atoms with Gasteiger partial charge < -0.3 is 44.3 Å². The van der Waals surface area contributed by atoms with Gasteiger partial charge in [0.2, 0.25) is 5.79 Å². The Morgan fingerprint density at radius 1 is 0.929 bits per heavy atom. The number of ether oxygens (including phenoxy) is 4. The van der Waals surface area contributed by atoms with Gasteiger partial charge in [0.15, 0.2) is 0 Å². The number of nitrogens with zero attached hydrogens (tertiary/aromatic N) is 1. The summed E-state index contributed by atoms with van der Waals surface area (Å²) < 4.78 is 24.2. The normalized spacial score (nSPS) is 41.6. The van der Waals surface area contributed by atoms with Crippen molar-refractivity contribution in [2.24, 2.45) is 29.6 Å². The van der Waals surface area contributed by atoms with E-state index in [1.54, 1.807) is 20.8 Å². The van der Waals surface area contributed by atoms with E-state index in [-0.39, 0.29) is 43.4 Å². The molecule has 4 N–H and O–H groups in total. The second-order valence-electron chi connectivity index (χ2n) is 17.3. The van der Waals surface area contributed by atoms with Crippen LogP contribution in [0.5, 0.6) is 0 Å². The Morgan fingerprint density at radius 2 is 1.61 bits per heavy atom. The van der Waals surface area contributed by atoms with Gasteiger partial charge in [-0.2, -0.15) is 0 Å². The molecule has 0 spiro atoms. The molecule has 318 valence electrons. The summed E-state index contributed by atoms with van der Waals surface area (Å²) in [6, 6.07) is -1.15. The highest BCUT2D eigenvalue weighted by atomic mass is 16.7. The summed E-state index contributed by atoms with van der Waals surface area (Å²) in [5, 5.41) is 44.2. The summed E-state index contributed by atoms with van der Waals surface area (Å²) in [6.45, 7) is 11.2. The van der Waals surface area contributed by atoms with Crippen LogP contribution in [0.3, 0.4) is 0 Å². The fraction of sp³-hybridized carbons (Fsp3) is 0.814. The van der Waals surface area contributed by atoms with Crippen molar-refractivity contribution in [3.8, 4) is 0 Å². The van der Waals surface area contributed by atoms with E-state index in [2.05, 4.69) is 6.92 Å². The first-order chi connectivity index (χ1) is 26.4. The van der Waals surface area contributed by atoms with Crippen molar-refractivity contribution >= 4 is 23.4 Å². The zero-order valence-electron chi connectivity index (χ0n) is 34.9. The van der Waals surface area contributed by atoms with Gasteiger partial charge in [-0.25, -0.2) is 4.79 Å². The Bertz CT molecular complexity index is 1430.